The second-order valence-electron chi connectivity index (χ2n) is 4.75. The minimum absolute atomic E-state index is 0.0899. The second-order valence-corrected chi connectivity index (χ2v) is 4.75. The fourth-order valence-electron chi connectivity index (χ4n) is 2.17. The maximum atomic E-state index is 10.6. The standard InChI is InChI=1S/C16H13N3O2/c20-19(21)16-8-6-15(7-9-16)18-11-10-17(13-18)12-14-4-2-1-3-5-14/h1-9H,12-13H2. The Bertz CT molecular complexity index is 702. The zero-order valence-corrected chi connectivity index (χ0v) is 11.3. The van der Waals surface area contributed by atoms with Crippen LogP contribution in [0.3, 0.4) is 0 Å². The predicted molar refractivity (Wildman–Crippen MR) is 80.2 cm³/mol. The molecule has 1 aliphatic heterocycles. The molecule has 5 nitrogen and oxygen atoms in total. The number of nitro groups is 1. The lowest BCUT2D eigenvalue weighted by atomic mass is 10.2. The van der Waals surface area contributed by atoms with E-state index in [1.165, 1.54) is 17.7 Å². The fourth-order valence-corrected chi connectivity index (χ4v) is 2.17. The normalized spacial score (nSPS) is 13.0. The topological polar surface area (TPSA) is 49.6 Å². The first kappa shape index (κ1) is 13.0. The molecule has 0 spiro atoms. The molecule has 5 heteroatoms. The zero-order chi connectivity index (χ0) is 14.7. The minimum atomic E-state index is -0.402. The summed E-state index contributed by atoms with van der Waals surface area (Å²) >= 11 is 0. The van der Waals surface area contributed by atoms with Crippen molar-refractivity contribution in [3.8, 4) is 12.1 Å². The molecule has 0 amide bonds. The van der Waals surface area contributed by atoms with Crippen LogP contribution >= 0.6 is 0 Å². The van der Waals surface area contributed by atoms with Gasteiger partial charge < -0.3 is 4.90 Å². The molecule has 0 radical (unpaired) electrons. The number of rotatable bonds is 4. The summed E-state index contributed by atoms with van der Waals surface area (Å²) in [6, 6.07) is 22.7. The van der Waals surface area contributed by atoms with Crippen LogP contribution < -0.4 is 4.90 Å². The molecular formula is C16H13N3O2. The number of nitrogens with zero attached hydrogens (tertiary/aromatic N) is 3. The van der Waals surface area contributed by atoms with Crippen LogP contribution in [0.15, 0.2) is 54.6 Å². The SMILES string of the molecule is O=[N+]([O-])c1ccc(N2C#CN(Cc3ccccc3)C2)cc1. The summed E-state index contributed by atoms with van der Waals surface area (Å²) in [4.78, 5) is 14.1. The van der Waals surface area contributed by atoms with Crippen LogP contribution in [-0.2, 0) is 6.54 Å². The Hall–Kier alpha value is -3.00. The molecule has 0 aromatic heterocycles. The Morgan fingerprint density at radius 1 is 1.05 bits per heavy atom. The Labute approximate surface area is 122 Å². The lowest BCUT2D eigenvalue weighted by Gasteiger charge is -2.19. The van der Waals surface area contributed by atoms with Gasteiger partial charge in [0, 0.05) is 24.2 Å². The summed E-state index contributed by atoms with van der Waals surface area (Å²) in [6.45, 7) is 1.39. The van der Waals surface area contributed by atoms with Gasteiger partial charge >= 0.3 is 0 Å². The second kappa shape index (κ2) is 5.55. The van der Waals surface area contributed by atoms with Crippen molar-refractivity contribution < 1.29 is 4.92 Å². The van der Waals surface area contributed by atoms with Crippen molar-refractivity contribution in [1.29, 1.82) is 0 Å². The fraction of sp³-hybridized carbons (Fsp3) is 0.125. The van der Waals surface area contributed by atoms with Gasteiger partial charge in [0.25, 0.3) is 5.69 Å². The largest absolute Gasteiger partial charge is 0.307 e. The molecule has 2 aromatic rings. The third-order valence-corrected chi connectivity index (χ3v) is 3.24. The maximum Gasteiger partial charge on any atom is 0.269 e. The molecule has 21 heavy (non-hydrogen) atoms. The van der Waals surface area contributed by atoms with E-state index >= 15 is 0 Å². The highest BCUT2D eigenvalue weighted by Crippen LogP contribution is 2.21. The van der Waals surface area contributed by atoms with Crippen LogP contribution in [0.5, 0.6) is 0 Å². The Morgan fingerprint density at radius 3 is 2.43 bits per heavy atom. The van der Waals surface area contributed by atoms with E-state index in [-0.39, 0.29) is 5.69 Å². The molecule has 3 rings (SSSR count). The van der Waals surface area contributed by atoms with Crippen molar-refractivity contribution in [3.05, 3.63) is 70.3 Å². The molecule has 1 aliphatic rings. The number of hydrogen-bond donors (Lipinski definition) is 0. The summed E-state index contributed by atoms with van der Waals surface area (Å²) in [7, 11) is 0. The average Bonchev–Trinajstić information content (AvgIpc) is 2.97. The van der Waals surface area contributed by atoms with Gasteiger partial charge in [-0.1, -0.05) is 30.3 Å². The van der Waals surface area contributed by atoms with Crippen molar-refractivity contribution in [3.63, 3.8) is 0 Å². The van der Waals surface area contributed by atoms with E-state index in [0.717, 1.165) is 12.2 Å². The molecule has 2 aromatic carbocycles. The first-order valence-electron chi connectivity index (χ1n) is 6.54. The molecule has 0 fully saturated rings. The van der Waals surface area contributed by atoms with Gasteiger partial charge in [-0.25, -0.2) is 0 Å². The predicted octanol–water partition coefficient (Wildman–Crippen LogP) is 2.79. The van der Waals surface area contributed by atoms with Gasteiger partial charge in [-0.2, -0.15) is 0 Å². The number of hydrogen-bond acceptors (Lipinski definition) is 4. The number of anilines is 1. The van der Waals surface area contributed by atoms with Crippen LogP contribution in [0.4, 0.5) is 11.4 Å². The molecule has 0 unspecified atom stereocenters. The first-order chi connectivity index (χ1) is 10.2. The first-order valence-corrected chi connectivity index (χ1v) is 6.54. The summed E-state index contributed by atoms with van der Waals surface area (Å²) in [5.41, 5.74) is 2.16. The lowest BCUT2D eigenvalue weighted by Crippen LogP contribution is -2.26. The third-order valence-electron chi connectivity index (χ3n) is 3.24. The molecule has 0 aliphatic carbocycles. The van der Waals surface area contributed by atoms with Crippen LogP contribution in [0.2, 0.25) is 0 Å². The van der Waals surface area contributed by atoms with Crippen LogP contribution in [0.1, 0.15) is 5.56 Å². The van der Waals surface area contributed by atoms with E-state index < -0.39 is 4.92 Å². The zero-order valence-electron chi connectivity index (χ0n) is 11.3. The highest BCUT2D eigenvalue weighted by molar-refractivity contribution is 5.56. The van der Waals surface area contributed by atoms with Crippen molar-refractivity contribution >= 4 is 11.4 Å². The molecular weight excluding hydrogens is 266 g/mol. The van der Waals surface area contributed by atoms with Crippen molar-refractivity contribution in [2.45, 2.75) is 6.54 Å². The minimum Gasteiger partial charge on any atom is -0.307 e. The quantitative estimate of drug-likeness (QED) is 0.490. The Morgan fingerprint density at radius 2 is 1.76 bits per heavy atom. The van der Waals surface area contributed by atoms with Gasteiger partial charge in [0.2, 0.25) is 0 Å². The van der Waals surface area contributed by atoms with Gasteiger partial charge in [-0.05, 0) is 17.7 Å². The van der Waals surface area contributed by atoms with E-state index in [2.05, 4.69) is 24.2 Å². The third kappa shape index (κ3) is 2.95. The van der Waals surface area contributed by atoms with E-state index in [4.69, 9.17) is 0 Å². The smallest absolute Gasteiger partial charge is 0.269 e. The lowest BCUT2D eigenvalue weighted by molar-refractivity contribution is -0.384. The van der Waals surface area contributed by atoms with Crippen LogP contribution in [-0.4, -0.2) is 16.5 Å². The molecule has 0 bridgehead atoms. The highest BCUT2D eigenvalue weighted by atomic mass is 16.6. The molecule has 1 heterocycles. The summed E-state index contributed by atoms with van der Waals surface area (Å²) in [5.74, 6) is 0. The van der Waals surface area contributed by atoms with Crippen molar-refractivity contribution in [2.24, 2.45) is 0 Å². The van der Waals surface area contributed by atoms with E-state index in [1.54, 1.807) is 12.1 Å². The van der Waals surface area contributed by atoms with E-state index in [1.807, 2.05) is 28.0 Å². The van der Waals surface area contributed by atoms with Gasteiger partial charge in [0.1, 0.15) is 6.67 Å². The van der Waals surface area contributed by atoms with E-state index in [0.29, 0.717) is 6.67 Å². The molecule has 0 saturated heterocycles. The van der Waals surface area contributed by atoms with Gasteiger partial charge in [0.15, 0.2) is 0 Å². The summed E-state index contributed by atoms with van der Waals surface area (Å²) in [6.07, 6.45) is 0. The van der Waals surface area contributed by atoms with Crippen LogP contribution in [0, 0.1) is 22.2 Å². The molecule has 0 N–H and O–H groups in total. The summed E-state index contributed by atoms with van der Waals surface area (Å²) in [5, 5.41) is 10.6. The van der Waals surface area contributed by atoms with Gasteiger partial charge in [-0.15, -0.1) is 0 Å². The average molecular weight is 279 g/mol. The molecule has 104 valence electrons. The van der Waals surface area contributed by atoms with E-state index in [9.17, 15) is 10.1 Å². The number of benzene rings is 2. The molecule has 0 atom stereocenters. The van der Waals surface area contributed by atoms with Crippen molar-refractivity contribution in [2.75, 3.05) is 11.6 Å². The van der Waals surface area contributed by atoms with Gasteiger partial charge in [0.05, 0.1) is 17.2 Å². The highest BCUT2D eigenvalue weighted by Gasteiger charge is 2.15. The number of non-ortho nitro benzene ring substituents is 1. The van der Waals surface area contributed by atoms with Crippen molar-refractivity contribution in [1.82, 2.24) is 4.90 Å². The summed E-state index contributed by atoms with van der Waals surface area (Å²) < 4.78 is 0. The number of nitro benzene ring substituents is 1. The Kier molecular flexibility index (Phi) is 3.44. The van der Waals surface area contributed by atoms with Crippen LogP contribution in [0.25, 0.3) is 0 Å². The maximum absolute atomic E-state index is 10.6. The monoisotopic (exact) mass is 279 g/mol. The molecule has 0 saturated carbocycles. The van der Waals surface area contributed by atoms with Gasteiger partial charge in [-0.3, -0.25) is 15.0 Å². The Balaban J connectivity index is 1.65.